The van der Waals surface area contributed by atoms with Crippen LogP contribution in [0.2, 0.25) is 0 Å². The fourth-order valence-electron chi connectivity index (χ4n) is 2.96. The van der Waals surface area contributed by atoms with Gasteiger partial charge in [-0.05, 0) is 25.1 Å². The second-order valence-corrected chi connectivity index (χ2v) is 6.39. The van der Waals surface area contributed by atoms with Crippen molar-refractivity contribution >= 4 is 35.0 Å². The minimum Gasteiger partial charge on any atom is -0.495 e. The number of nitrogens with two attached hydrogens (primary N) is 1. The highest BCUT2D eigenvalue weighted by molar-refractivity contribution is 6.02. The second-order valence-electron chi connectivity index (χ2n) is 6.39. The van der Waals surface area contributed by atoms with Crippen LogP contribution in [-0.2, 0) is 4.79 Å². The molecule has 2 heterocycles. The minimum absolute atomic E-state index is 0.110. The van der Waals surface area contributed by atoms with E-state index in [2.05, 4.69) is 15.3 Å². The topological polar surface area (TPSA) is 114 Å². The molecule has 0 saturated heterocycles. The molecule has 0 atom stereocenters. The molecule has 0 aliphatic carbocycles. The first kappa shape index (κ1) is 20.2. The number of nitrogens with zero attached hydrogens (tertiary/aromatic N) is 4. The molecule has 1 aromatic heterocycles. The van der Waals surface area contributed by atoms with Gasteiger partial charge >= 0.3 is 5.92 Å². The van der Waals surface area contributed by atoms with Crippen LogP contribution >= 0.6 is 0 Å². The molecule has 0 fully saturated rings. The molecule has 0 unspecified atom stereocenters. The Balaban J connectivity index is 2.00. The Morgan fingerprint density at radius 2 is 2.14 bits per heavy atom. The first-order chi connectivity index (χ1) is 13.7. The number of carbonyl (C=O) groups excluding carboxylic acids is 2. The van der Waals surface area contributed by atoms with Crippen molar-refractivity contribution in [1.82, 2.24) is 9.97 Å². The van der Waals surface area contributed by atoms with Gasteiger partial charge in [0, 0.05) is 19.2 Å². The van der Waals surface area contributed by atoms with Crippen LogP contribution in [0.15, 0.2) is 24.4 Å². The number of halogens is 2. The van der Waals surface area contributed by atoms with Crippen molar-refractivity contribution in [3.05, 3.63) is 30.0 Å². The van der Waals surface area contributed by atoms with Crippen LogP contribution in [0.25, 0.3) is 0 Å². The molecule has 9 nitrogen and oxygen atoms in total. The fourth-order valence-corrected chi connectivity index (χ4v) is 2.96. The van der Waals surface area contributed by atoms with Gasteiger partial charge in [-0.1, -0.05) is 0 Å². The molecule has 3 rings (SSSR count). The zero-order valence-electron chi connectivity index (χ0n) is 16.1. The van der Waals surface area contributed by atoms with E-state index in [4.69, 9.17) is 10.5 Å². The van der Waals surface area contributed by atoms with Gasteiger partial charge in [0.25, 0.3) is 5.91 Å². The first-order valence-corrected chi connectivity index (χ1v) is 8.70. The lowest BCUT2D eigenvalue weighted by Crippen LogP contribution is -2.46. The van der Waals surface area contributed by atoms with Gasteiger partial charge in [-0.3, -0.25) is 9.59 Å². The number of aromatic nitrogens is 2. The van der Waals surface area contributed by atoms with Crippen molar-refractivity contribution in [2.45, 2.75) is 12.8 Å². The van der Waals surface area contributed by atoms with Crippen molar-refractivity contribution in [2.24, 2.45) is 5.73 Å². The number of anilines is 4. The maximum atomic E-state index is 14.2. The number of ether oxygens (including phenoxy) is 1. The maximum Gasteiger partial charge on any atom is 0.342 e. The summed E-state index contributed by atoms with van der Waals surface area (Å²) in [6, 6.07) is 4.52. The van der Waals surface area contributed by atoms with Crippen molar-refractivity contribution in [1.29, 1.82) is 0 Å². The van der Waals surface area contributed by atoms with Crippen molar-refractivity contribution in [2.75, 3.05) is 42.4 Å². The summed E-state index contributed by atoms with van der Waals surface area (Å²) >= 11 is 0. The van der Waals surface area contributed by atoms with Crippen LogP contribution in [0.4, 0.5) is 31.9 Å². The lowest BCUT2D eigenvalue weighted by atomic mass is 10.2. The SMILES string of the molecule is CCN1CC(F)(F)C(=O)N(C)c2cnc(Nc3ccc(C(N)=O)cc3OC)nc21. The second kappa shape index (κ2) is 7.49. The third kappa shape index (κ3) is 3.75. The molecule has 0 bridgehead atoms. The van der Waals surface area contributed by atoms with Crippen LogP contribution in [-0.4, -0.2) is 55.0 Å². The number of hydrogen-bond acceptors (Lipinski definition) is 7. The van der Waals surface area contributed by atoms with E-state index in [1.54, 1.807) is 13.0 Å². The van der Waals surface area contributed by atoms with Gasteiger partial charge in [-0.2, -0.15) is 13.8 Å². The van der Waals surface area contributed by atoms with E-state index in [1.807, 2.05) is 0 Å². The van der Waals surface area contributed by atoms with Crippen LogP contribution in [0, 0.1) is 0 Å². The van der Waals surface area contributed by atoms with Crippen LogP contribution in [0.3, 0.4) is 0 Å². The summed E-state index contributed by atoms with van der Waals surface area (Å²) < 4.78 is 33.7. The zero-order valence-corrected chi connectivity index (χ0v) is 16.1. The molecule has 1 aliphatic rings. The predicted molar refractivity (Wildman–Crippen MR) is 103 cm³/mol. The summed E-state index contributed by atoms with van der Waals surface area (Å²) in [6.07, 6.45) is 1.30. The number of rotatable bonds is 5. The van der Waals surface area contributed by atoms with E-state index >= 15 is 0 Å². The number of methoxy groups -OCH3 is 1. The lowest BCUT2D eigenvalue weighted by Gasteiger charge is -2.23. The molecule has 1 aromatic carbocycles. The molecule has 0 saturated carbocycles. The minimum atomic E-state index is -3.55. The Morgan fingerprint density at radius 3 is 2.76 bits per heavy atom. The Bertz CT molecular complexity index is 969. The average molecular weight is 406 g/mol. The number of hydrogen-bond donors (Lipinski definition) is 2. The summed E-state index contributed by atoms with van der Waals surface area (Å²) in [4.78, 5) is 34.0. The quantitative estimate of drug-likeness (QED) is 0.778. The predicted octanol–water partition coefficient (Wildman–Crippen LogP) is 1.77. The fraction of sp³-hybridized carbons (Fsp3) is 0.333. The molecule has 154 valence electrons. The molecule has 0 radical (unpaired) electrons. The molecular weight excluding hydrogens is 386 g/mol. The Labute approximate surface area is 165 Å². The first-order valence-electron chi connectivity index (χ1n) is 8.70. The van der Waals surface area contributed by atoms with Gasteiger partial charge in [0.1, 0.15) is 11.4 Å². The number of amides is 2. The Hall–Kier alpha value is -3.50. The van der Waals surface area contributed by atoms with E-state index in [0.717, 1.165) is 4.90 Å². The third-order valence-electron chi connectivity index (χ3n) is 4.53. The standard InChI is InChI=1S/C18H20F2N6O3/c1-4-26-9-18(19,20)16(28)25(2)12-8-22-17(24-15(12)26)23-11-6-5-10(14(21)27)7-13(11)29-3/h5-8H,4,9H2,1-3H3,(H2,21,27)(H,22,23,24). The van der Waals surface area contributed by atoms with Crippen LogP contribution < -0.4 is 25.6 Å². The Kier molecular flexibility index (Phi) is 5.23. The molecular formula is C18H20F2N6O3. The lowest BCUT2D eigenvalue weighted by molar-refractivity contribution is -0.140. The van der Waals surface area contributed by atoms with Gasteiger partial charge in [-0.15, -0.1) is 0 Å². The zero-order chi connectivity index (χ0) is 21.3. The van der Waals surface area contributed by atoms with E-state index in [9.17, 15) is 18.4 Å². The highest BCUT2D eigenvalue weighted by Crippen LogP contribution is 2.36. The number of fused-ring (bicyclic) bond motifs is 1. The molecule has 3 N–H and O–H groups in total. The van der Waals surface area contributed by atoms with Crippen molar-refractivity contribution < 1.29 is 23.1 Å². The van der Waals surface area contributed by atoms with Crippen molar-refractivity contribution in [3.63, 3.8) is 0 Å². The van der Waals surface area contributed by atoms with Crippen molar-refractivity contribution in [3.8, 4) is 5.75 Å². The summed E-state index contributed by atoms with van der Waals surface area (Å²) in [6.45, 7) is 1.12. The number of primary amides is 1. The number of benzene rings is 1. The molecule has 2 amide bonds. The monoisotopic (exact) mass is 406 g/mol. The summed E-state index contributed by atoms with van der Waals surface area (Å²) in [7, 11) is 2.68. The smallest absolute Gasteiger partial charge is 0.342 e. The van der Waals surface area contributed by atoms with Gasteiger partial charge < -0.3 is 25.6 Å². The number of alkyl halides is 2. The van der Waals surface area contributed by atoms with Gasteiger partial charge in [-0.25, -0.2) is 4.98 Å². The normalized spacial score (nSPS) is 15.6. The molecule has 11 heteroatoms. The molecule has 29 heavy (non-hydrogen) atoms. The highest BCUT2D eigenvalue weighted by atomic mass is 19.3. The summed E-state index contributed by atoms with van der Waals surface area (Å²) in [5.41, 5.74) is 6.15. The van der Waals surface area contributed by atoms with Gasteiger partial charge in [0.05, 0.1) is 25.5 Å². The molecule has 1 aliphatic heterocycles. The molecule has 0 spiro atoms. The van der Waals surface area contributed by atoms with E-state index in [-0.39, 0.29) is 29.6 Å². The van der Waals surface area contributed by atoms with E-state index < -0.39 is 24.3 Å². The summed E-state index contributed by atoms with van der Waals surface area (Å²) in [5, 5.41) is 2.93. The Morgan fingerprint density at radius 1 is 1.41 bits per heavy atom. The van der Waals surface area contributed by atoms with E-state index in [1.165, 1.54) is 37.4 Å². The van der Waals surface area contributed by atoms with Crippen LogP contribution in [0.5, 0.6) is 5.75 Å². The van der Waals surface area contributed by atoms with Gasteiger partial charge in [0.2, 0.25) is 11.9 Å². The number of nitrogens with one attached hydrogen (secondary N) is 1. The number of carbonyl (C=O) groups is 2. The summed E-state index contributed by atoms with van der Waals surface area (Å²) in [5.74, 6) is -4.84. The molecule has 2 aromatic rings. The van der Waals surface area contributed by atoms with Gasteiger partial charge in [0.15, 0.2) is 5.82 Å². The third-order valence-corrected chi connectivity index (χ3v) is 4.53. The maximum absolute atomic E-state index is 14.2. The van der Waals surface area contributed by atoms with E-state index in [0.29, 0.717) is 11.4 Å². The average Bonchev–Trinajstić information content (AvgIpc) is 2.77. The highest BCUT2D eigenvalue weighted by Gasteiger charge is 2.46. The van der Waals surface area contributed by atoms with Crippen LogP contribution in [0.1, 0.15) is 17.3 Å². The largest absolute Gasteiger partial charge is 0.495 e.